The molecule has 1 atom stereocenters. The maximum atomic E-state index is 12.6. The van der Waals surface area contributed by atoms with E-state index < -0.39 is 6.03 Å². The summed E-state index contributed by atoms with van der Waals surface area (Å²) in [5.74, 6) is -0.214. The Morgan fingerprint density at radius 1 is 1.11 bits per heavy atom. The van der Waals surface area contributed by atoms with Gasteiger partial charge < -0.3 is 16.4 Å². The van der Waals surface area contributed by atoms with Crippen molar-refractivity contribution in [1.82, 2.24) is 20.1 Å². The first-order valence-electron chi connectivity index (χ1n) is 8.65. The highest BCUT2D eigenvalue weighted by Crippen LogP contribution is 2.19. The molecule has 0 saturated heterocycles. The van der Waals surface area contributed by atoms with Gasteiger partial charge in [0.15, 0.2) is 5.65 Å². The van der Waals surface area contributed by atoms with Gasteiger partial charge in [0.1, 0.15) is 0 Å². The van der Waals surface area contributed by atoms with Crippen LogP contribution in [-0.2, 0) is 0 Å². The fourth-order valence-electron chi connectivity index (χ4n) is 2.80. The van der Waals surface area contributed by atoms with Gasteiger partial charge in [-0.25, -0.2) is 14.5 Å². The van der Waals surface area contributed by atoms with E-state index in [0.29, 0.717) is 11.3 Å². The average molecular weight is 366 g/mol. The van der Waals surface area contributed by atoms with Crippen LogP contribution in [-0.4, -0.2) is 26.7 Å². The maximum absolute atomic E-state index is 12.6. The van der Waals surface area contributed by atoms with E-state index in [1.54, 1.807) is 30.6 Å². The number of amides is 3. The second-order valence-corrected chi connectivity index (χ2v) is 6.63. The predicted octanol–water partition coefficient (Wildman–Crippen LogP) is 2.99. The van der Waals surface area contributed by atoms with Gasteiger partial charge >= 0.3 is 6.03 Å². The molecule has 8 nitrogen and oxygen atoms in total. The van der Waals surface area contributed by atoms with E-state index in [9.17, 15) is 9.59 Å². The van der Waals surface area contributed by atoms with Crippen molar-refractivity contribution in [1.29, 1.82) is 0 Å². The summed E-state index contributed by atoms with van der Waals surface area (Å²) < 4.78 is 1.82. The Bertz CT molecular complexity index is 978. The molecule has 0 aliphatic rings. The largest absolute Gasteiger partial charge is 0.351 e. The van der Waals surface area contributed by atoms with Crippen molar-refractivity contribution in [2.24, 2.45) is 5.73 Å². The quantitative estimate of drug-likeness (QED) is 0.644. The number of nitrogens with two attached hydrogens (primary N) is 1. The number of fused-ring (bicyclic) bond motifs is 1. The van der Waals surface area contributed by atoms with Crippen LogP contribution in [0, 0.1) is 0 Å². The minimum atomic E-state index is -0.618. The second-order valence-electron chi connectivity index (χ2n) is 6.63. The third-order valence-electron chi connectivity index (χ3n) is 4.21. The van der Waals surface area contributed by atoms with Gasteiger partial charge in [0, 0.05) is 23.3 Å². The Labute approximate surface area is 156 Å². The van der Waals surface area contributed by atoms with E-state index >= 15 is 0 Å². The average Bonchev–Trinajstić information content (AvgIpc) is 3.05. The van der Waals surface area contributed by atoms with E-state index in [1.165, 1.54) is 0 Å². The van der Waals surface area contributed by atoms with E-state index in [1.807, 2.05) is 37.6 Å². The molecule has 0 aliphatic carbocycles. The highest BCUT2D eigenvalue weighted by atomic mass is 16.2. The Hall–Kier alpha value is -3.42. The standard InChI is InChI=1S/C19H22N6O2/c1-11(2)25-17-14(10-22-25)8-15(9-21-17)18(26)23-12(3)13-4-6-16(7-5-13)24-19(20)27/h4-12H,1-3H3,(H,23,26)(H3,20,24,27). The first-order valence-corrected chi connectivity index (χ1v) is 8.65. The number of aromatic nitrogens is 3. The molecule has 2 heterocycles. The summed E-state index contributed by atoms with van der Waals surface area (Å²) in [7, 11) is 0. The number of primary amides is 1. The topological polar surface area (TPSA) is 115 Å². The molecule has 0 fully saturated rings. The summed E-state index contributed by atoms with van der Waals surface area (Å²) in [6, 6.07) is 8.27. The van der Waals surface area contributed by atoms with Crippen molar-refractivity contribution in [2.75, 3.05) is 5.32 Å². The van der Waals surface area contributed by atoms with Gasteiger partial charge in [-0.2, -0.15) is 5.10 Å². The number of rotatable bonds is 5. The third-order valence-corrected chi connectivity index (χ3v) is 4.21. The molecule has 3 amide bonds. The molecule has 0 bridgehead atoms. The number of benzene rings is 1. The van der Waals surface area contributed by atoms with Crippen LogP contribution in [0.5, 0.6) is 0 Å². The summed E-state index contributed by atoms with van der Waals surface area (Å²) >= 11 is 0. The summed E-state index contributed by atoms with van der Waals surface area (Å²) in [6.45, 7) is 5.94. The lowest BCUT2D eigenvalue weighted by molar-refractivity contribution is 0.0939. The van der Waals surface area contributed by atoms with E-state index in [4.69, 9.17) is 5.73 Å². The summed E-state index contributed by atoms with van der Waals surface area (Å²) in [5, 5.41) is 10.6. The van der Waals surface area contributed by atoms with E-state index in [0.717, 1.165) is 16.6 Å². The minimum absolute atomic E-state index is 0.196. The molecule has 0 saturated carbocycles. The second kappa shape index (κ2) is 7.45. The van der Waals surface area contributed by atoms with Crippen LogP contribution in [0.15, 0.2) is 42.7 Å². The van der Waals surface area contributed by atoms with Crippen molar-refractivity contribution < 1.29 is 9.59 Å². The molecule has 8 heteroatoms. The van der Waals surface area contributed by atoms with Crippen LogP contribution in [0.3, 0.4) is 0 Å². The number of hydrogen-bond donors (Lipinski definition) is 3. The number of urea groups is 1. The maximum Gasteiger partial charge on any atom is 0.316 e. The molecule has 0 spiro atoms. The molecule has 1 aromatic carbocycles. The van der Waals surface area contributed by atoms with E-state index in [-0.39, 0.29) is 18.0 Å². The SMILES string of the molecule is CC(NC(=O)c1cnc2c(cnn2C(C)C)c1)c1ccc(NC(N)=O)cc1. The molecule has 140 valence electrons. The fraction of sp³-hybridized carbons (Fsp3) is 0.263. The summed E-state index contributed by atoms with van der Waals surface area (Å²) in [5.41, 5.74) is 7.83. The predicted molar refractivity (Wildman–Crippen MR) is 103 cm³/mol. The first kappa shape index (κ1) is 18.4. The van der Waals surface area contributed by atoms with Crippen LogP contribution in [0.25, 0.3) is 11.0 Å². The number of nitrogens with one attached hydrogen (secondary N) is 2. The zero-order chi connectivity index (χ0) is 19.6. The number of pyridine rings is 1. The molecule has 1 unspecified atom stereocenters. The lowest BCUT2D eigenvalue weighted by Crippen LogP contribution is -2.26. The number of anilines is 1. The van der Waals surface area contributed by atoms with Crippen LogP contribution in [0.2, 0.25) is 0 Å². The lowest BCUT2D eigenvalue weighted by Gasteiger charge is -2.15. The van der Waals surface area contributed by atoms with Gasteiger partial charge in [-0.3, -0.25) is 4.79 Å². The molecule has 3 aromatic rings. The van der Waals surface area contributed by atoms with Crippen molar-refractivity contribution in [3.8, 4) is 0 Å². The van der Waals surface area contributed by atoms with Gasteiger partial charge in [0.25, 0.3) is 5.91 Å². The third kappa shape index (κ3) is 4.05. The Balaban J connectivity index is 1.72. The molecule has 3 rings (SSSR count). The van der Waals surface area contributed by atoms with Crippen molar-refractivity contribution in [2.45, 2.75) is 32.9 Å². The van der Waals surface area contributed by atoms with Crippen molar-refractivity contribution >= 4 is 28.7 Å². The van der Waals surface area contributed by atoms with Gasteiger partial charge in [-0.15, -0.1) is 0 Å². The number of carbonyl (C=O) groups excluding carboxylic acids is 2. The highest BCUT2D eigenvalue weighted by Gasteiger charge is 2.14. The molecule has 0 radical (unpaired) electrons. The molecular formula is C19H22N6O2. The first-order chi connectivity index (χ1) is 12.8. The smallest absolute Gasteiger partial charge is 0.316 e. The lowest BCUT2D eigenvalue weighted by atomic mass is 10.1. The Morgan fingerprint density at radius 2 is 1.81 bits per heavy atom. The zero-order valence-corrected chi connectivity index (χ0v) is 15.4. The van der Waals surface area contributed by atoms with Gasteiger partial charge in [0.05, 0.1) is 17.8 Å². The van der Waals surface area contributed by atoms with Gasteiger partial charge in [-0.1, -0.05) is 12.1 Å². The molecule has 2 aromatic heterocycles. The molecule has 0 aliphatic heterocycles. The molecule has 27 heavy (non-hydrogen) atoms. The van der Waals surface area contributed by atoms with Crippen LogP contribution < -0.4 is 16.4 Å². The molecular weight excluding hydrogens is 344 g/mol. The zero-order valence-electron chi connectivity index (χ0n) is 15.4. The number of carbonyl (C=O) groups is 2. The fourth-order valence-corrected chi connectivity index (χ4v) is 2.80. The van der Waals surface area contributed by atoms with Crippen molar-refractivity contribution in [3.05, 3.63) is 53.9 Å². The number of hydrogen-bond acceptors (Lipinski definition) is 4. The van der Waals surface area contributed by atoms with Crippen LogP contribution >= 0.6 is 0 Å². The van der Waals surface area contributed by atoms with Crippen LogP contribution in [0.1, 0.15) is 48.8 Å². The molecule has 4 N–H and O–H groups in total. The highest BCUT2D eigenvalue weighted by molar-refractivity contribution is 5.97. The van der Waals surface area contributed by atoms with Crippen molar-refractivity contribution in [3.63, 3.8) is 0 Å². The summed E-state index contributed by atoms with van der Waals surface area (Å²) in [4.78, 5) is 27.8. The minimum Gasteiger partial charge on any atom is -0.351 e. The number of nitrogens with zero attached hydrogens (tertiary/aromatic N) is 3. The van der Waals surface area contributed by atoms with Gasteiger partial charge in [0.2, 0.25) is 0 Å². The Morgan fingerprint density at radius 3 is 2.44 bits per heavy atom. The summed E-state index contributed by atoms with van der Waals surface area (Å²) in [6.07, 6.45) is 3.28. The Kier molecular flexibility index (Phi) is 5.07. The normalized spacial score (nSPS) is 12.1. The van der Waals surface area contributed by atoms with Gasteiger partial charge in [-0.05, 0) is 44.5 Å². The van der Waals surface area contributed by atoms with Crippen LogP contribution in [0.4, 0.5) is 10.5 Å². The monoisotopic (exact) mass is 366 g/mol. The van der Waals surface area contributed by atoms with E-state index in [2.05, 4.69) is 20.7 Å².